The highest BCUT2D eigenvalue weighted by atomic mass is 16.4. The molecule has 0 radical (unpaired) electrons. The number of benzene rings is 1. The second kappa shape index (κ2) is 8.00. The van der Waals surface area contributed by atoms with E-state index in [0.29, 0.717) is 6.04 Å². The number of hydrogen-bond donors (Lipinski definition) is 3. The first-order chi connectivity index (χ1) is 10.2. The van der Waals surface area contributed by atoms with Crippen LogP contribution in [0.4, 0.5) is 0 Å². The molecule has 0 saturated carbocycles. The quantitative estimate of drug-likeness (QED) is 0.323. The van der Waals surface area contributed by atoms with Crippen LogP contribution in [0.5, 0.6) is 0 Å². The summed E-state index contributed by atoms with van der Waals surface area (Å²) >= 11 is 0. The molecule has 21 heavy (non-hydrogen) atoms. The van der Waals surface area contributed by atoms with Gasteiger partial charge in [-0.05, 0) is 50.5 Å². The first-order valence-electron chi connectivity index (χ1n) is 7.75. The molecule has 5 heteroatoms. The van der Waals surface area contributed by atoms with Crippen molar-refractivity contribution in [2.45, 2.75) is 38.8 Å². The minimum Gasteiger partial charge on any atom is -0.409 e. The van der Waals surface area contributed by atoms with Crippen molar-refractivity contribution in [1.29, 1.82) is 0 Å². The van der Waals surface area contributed by atoms with Crippen molar-refractivity contribution >= 4 is 5.84 Å². The molecule has 0 aliphatic carbocycles. The van der Waals surface area contributed by atoms with Crippen molar-refractivity contribution in [3.8, 4) is 0 Å². The van der Waals surface area contributed by atoms with E-state index in [-0.39, 0.29) is 5.84 Å². The Balaban J connectivity index is 1.81. The van der Waals surface area contributed by atoms with E-state index in [1.807, 2.05) is 18.2 Å². The summed E-state index contributed by atoms with van der Waals surface area (Å²) in [5.41, 5.74) is 7.54. The Morgan fingerprint density at radius 2 is 2.19 bits per heavy atom. The maximum absolute atomic E-state index is 8.72. The molecule has 0 atom stereocenters. The molecule has 1 aliphatic heterocycles. The van der Waals surface area contributed by atoms with Crippen LogP contribution < -0.4 is 11.1 Å². The molecule has 0 aromatic heterocycles. The summed E-state index contributed by atoms with van der Waals surface area (Å²) in [7, 11) is 0. The Kier molecular flexibility index (Phi) is 6.02. The van der Waals surface area contributed by atoms with E-state index in [9.17, 15) is 0 Å². The summed E-state index contributed by atoms with van der Waals surface area (Å²) in [6.45, 7) is 6.66. The molecule has 1 fully saturated rings. The second-order valence-corrected chi connectivity index (χ2v) is 5.68. The Morgan fingerprint density at radius 1 is 1.43 bits per heavy atom. The molecule has 1 aromatic carbocycles. The predicted octanol–water partition coefficient (Wildman–Crippen LogP) is 1.75. The molecule has 0 bridgehead atoms. The number of amidine groups is 1. The summed E-state index contributed by atoms with van der Waals surface area (Å²) in [4.78, 5) is 2.54. The van der Waals surface area contributed by atoms with Crippen molar-refractivity contribution in [3.63, 3.8) is 0 Å². The van der Waals surface area contributed by atoms with Crippen molar-refractivity contribution in [2.75, 3.05) is 19.6 Å². The molecule has 1 aliphatic rings. The molecular formula is C16H26N4O. The molecule has 0 unspecified atom stereocenters. The zero-order valence-electron chi connectivity index (χ0n) is 12.8. The fourth-order valence-corrected chi connectivity index (χ4v) is 2.84. The van der Waals surface area contributed by atoms with Gasteiger partial charge in [0.05, 0.1) is 0 Å². The number of oxime groups is 1. The smallest absolute Gasteiger partial charge is 0.170 e. The van der Waals surface area contributed by atoms with E-state index in [4.69, 9.17) is 10.9 Å². The minimum atomic E-state index is 0.157. The molecule has 0 spiro atoms. The number of nitrogens with zero attached hydrogens (tertiary/aromatic N) is 2. The zero-order chi connectivity index (χ0) is 15.1. The minimum absolute atomic E-state index is 0.157. The van der Waals surface area contributed by atoms with Gasteiger partial charge < -0.3 is 21.2 Å². The van der Waals surface area contributed by atoms with Crippen LogP contribution in [-0.4, -0.2) is 41.6 Å². The van der Waals surface area contributed by atoms with Crippen LogP contribution in [0.15, 0.2) is 29.4 Å². The lowest BCUT2D eigenvalue weighted by Crippen LogP contribution is -2.42. The monoisotopic (exact) mass is 290 g/mol. The number of piperidine rings is 1. The highest BCUT2D eigenvalue weighted by Gasteiger charge is 2.17. The number of nitrogens with one attached hydrogen (secondary N) is 1. The van der Waals surface area contributed by atoms with Crippen molar-refractivity contribution in [3.05, 3.63) is 35.4 Å². The van der Waals surface area contributed by atoms with Crippen molar-refractivity contribution < 1.29 is 5.21 Å². The lowest BCUT2D eigenvalue weighted by atomic mass is 10.0. The summed E-state index contributed by atoms with van der Waals surface area (Å²) in [6.07, 6.45) is 3.65. The third-order valence-electron chi connectivity index (χ3n) is 4.05. The summed E-state index contributed by atoms with van der Waals surface area (Å²) in [5, 5.41) is 15.4. The molecule has 1 heterocycles. The third kappa shape index (κ3) is 4.72. The average Bonchev–Trinajstić information content (AvgIpc) is 2.54. The van der Waals surface area contributed by atoms with Gasteiger partial charge in [0.25, 0.3) is 0 Å². The fourth-order valence-electron chi connectivity index (χ4n) is 2.84. The van der Waals surface area contributed by atoms with Gasteiger partial charge in [-0.3, -0.25) is 0 Å². The topological polar surface area (TPSA) is 73.9 Å². The SMILES string of the molecule is CCCN1CCC(NCc2cccc(C(N)=NO)c2)CC1. The van der Waals surface area contributed by atoms with Gasteiger partial charge in [0, 0.05) is 18.2 Å². The van der Waals surface area contributed by atoms with Crippen LogP contribution in [0.2, 0.25) is 0 Å². The van der Waals surface area contributed by atoms with Gasteiger partial charge in [-0.15, -0.1) is 0 Å². The highest BCUT2D eigenvalue weighted by molar-refractivity contribution is 5.97. The second-order valence-electron chi connectivity index (χ2n) is 5.68. The van der Waals surface area contributed by atoms with E-state index in [2.05, 4.69) is 28.4 Å². The van der Waals surface area contributed by atoms with Gasteiger partial charge in [-0.2, -0.15) is 0 Å². The van der Waals surface area contributed by atoms with Crippen LogP contribution in [0.1, 0.15) is 37.3 Å². The predicted molar refractivity (Wildman–Crippen MR) is 85.5 cm³/mol. The molecule has 0 amide bonds. The maximum Gasteiger partial charge on any atom is 0.170 e. The van der Waals surface area contributed by atoms with Crippen LogP contribution in [0, 0.1) is 0 Å². The number of likely N-dealkylation sites (tertiary alicyclic amines) is 1. The standard InChI is InChI=1S/C16H26N4O/c1-2-8-20-9-6-15(7-10-20)18-12-13-4-3-5-14(11-13)16(17)19-21/h3-5,11,15,18,21H,2,6-10,12H2,1H3,(H2,17,19). The van der Waals surface area contributed by atoms with E-state index >= 15 is 0 Å². The van der Waals surface area contributed by atoms with E-state index in [0.717, 1.165) is 17.7 Å². The molecule has 1 saturated heterocycles. The molecular weight excluding hydrogens is 264 g/mol. The Hall–Kier alpha value is -1.59. The average molecular weight is 290 g/mol. The van der Waals surface area contributed by atoms with Gasteiger partial charge in [-0.1, -0.05) is 30.3 Å². The first-order valence-corrected chi connectivity index (χ1v) is 7.75. The lowest BCUT2D eigenvalue weighted by molar-refractivity contribution is 0.197. The van der Waals surface area contributed by atoms with E-state index < -0.39 is 0 Å². The summed E-state index contributed by atoms with van der Waals surface area (Å²) in [6, 6.07) is 8.41. The normalized spacial score (nSPS) is 18.0. The number of nitrogens with two attached hydrogens (primary N) is 1. The Morgan fingerprint density at radius 3 is 2.86 bits per heavy atom. The first kappa shape index (κ1) is 15.8. The van der Waals surface area contributed by atoms with E-state index in [1.54, 1.807) is 0 Å². The van der Waals surface area contributed by atoms with E-state index in [1.165, 1.54) is 38.9 Å². The largest absolute Gasteiger partial charge is 0.409 e. The van der Waals surface area contributed by atoms with Crippen LogP contribution in [0.25, 0.3) is 0 Å². The molecule has 2 rings (SSSR count). The fraction of sp³-hybridized carbons (Fsp3) is 0.562. The van der Waals surface area contributed by atoms with Gasteiger partial charge in [0.1, 0.15) is 0 Å². The maximum atomic E-state index is 8.72. The van der Waals surface area contributed by atoms with Crippen LogP contribution in [-0.2, 0) is 6.54 Å². The Bertz CT molecular complexity index is 467. The molecule has 1 aromatic rings. The lowest BCUT2D eigenvalue weighted by Gasteiger charge is -2.32. The summed E-state index contributed by atoms with van der Waals surface area (Å²) < 4.78 is 0. The number of hydrogen-bond acceptors (Lipinski definition) is 4. The van der Waals surface area contributed by atoms with Gasteiger partial charge >= 0.3 is 0 Å². The van der Waals surface area contributed by atoms with Crippen molar-refractivity contribution in [2.24, 2.45) is 10.9 Å². The molecule has 5 nitrogen and oxygen atoms in total. The van der Waals surface area contributed by atoms with Crippen LogP contribution >= 0.6 is 0 Å². The molecule has 4 N–H and O–H groups in total. The van der Waals surface area contributed by atoms with Gasteiger partial charge in [0.15, 0.2) is 5.84 Å². The zero-order valence-corrected chi connectivity index (χ0v) is 12.8. The highest BCUT2D eigenvalue weighted by Crippen LogP contribution is 2.12. The van der Waals surface area contributed by atoms with Crippen molar-refractivity contribution in [1.82, 2.24) is 10.2 Å². The van der Waals surface area contributed by atoms with Gasteiger partial charge in [0.2, 0.25) is 0 Å². The number of rotatable bonds is 6. The third-order valence-corrected chi connectivity index (χ3v) is 4.05. The van der Waals surface area contributed by atoms with Crippen LogP contribution in [0.3, 0.4) is 0 Å². The Labute approximate surface area is 126 Å². The summed E-state index contributed by atoms with van der Waals surface area (Å²) in [5.74, 6) is 0.157. The van der Waals surface area contributed by atoms with Gasteiger partial charge in [-0.25, -0.2) is 0 Å². The molecule has 116 valence electrons.